The van der Waals surface area contributed by atoms with Crippen LogP contribution < -0.4 is 15.4 Å². The van der Waals surface area contributed by atoms with Crippen molar-refractivity contribution in [3.05, 3.63) is 66.6 Å². The fraction of sp³-hybridized carbons (Fsp3) is 0.111. The second-order valence-electron chi connectivity index (χ2n) is 5.27. The van der Waals surface area contributed by atoms with E-state index in [4.69, 9.17) is 9.15 Å². The van der Waals surface area contributed by atoms with Gasteiger partial charge in [0.15, 0.2) is 6.61 Å². The van der Waals surface area contributed by atoms with E-state index < -0.39 is 11.9 Å². The molecular weight excluding hydrogens is 336 g/mol. The van der Waals surface area contributed by atoms with Crippen molar-refractivity contribution in [2.45, 2.75) is 6.54 Å². The van der Waals surface area contributed by atoms with Gasteiger partial charge in [0, 0.05) is 12.1 Å². The minimum atomic E-state index is -0.575. The quantitative estimate of drug-likeness (QED) is 0.704. The Kier molecular flexibility index (Phi) is 5.56. The molecule has 0 aliphatic heterocycles. The van der Waals surface area contributed by atoms with Crippen LogP contribution in [0.3, 0.4) is 0 Å². The van der Waals surface area contributed by atoms with E-state index in [-0.39, 0.29) is 6.61 Å². The first-order valence-corrected chi connectivity index (χ1v) is 7.82. The van der Waals surface area contributed by atoms with Gasteiger partial charge in [0.25, 0.3) is 5.91 Å². The molecule has 0 saturated heterocycles. The molecule has 0 radical (unpaired) electrons. The summed E-state index contributed by atoms with van der Waals surface area (Å²) in [6.07, 6.45) is 1.24. The van der Waals surface area contributed by atoms with Crippen LogP contribution in [-0.4, -0.2) is 28.7 Å². The Hall–Kier alpha value is -3.68. The number of urea groups is 1. The van der Waals surface area contributed by atoms with Crippen LogP contribution in [0.5, 0.6) is 5.75 Å². The van der Waals surface area contributed by atoms with Crippen LogP contribution in [0.15, 0.2) is 65.4 Å². The second-order valence-corrected chi connectivity index (χ2v) is 5.27. The van der Waals surface area contributed by atoms with E-state index in [0.717, 1.165) is 11.1 Å². The van der Waals surface area contributed by atoms with Crippen molar-refractivity contribution in [3.63, 3.8) is 0 Å². The number of benzene rings is 2. The molecule has 0 atom stereocenters. The summed E-state index contributed by atoms with van der Waals surface area (Å²) in [5, 5.41) is 12.2. The Bertz CT molecular complexity index is 849. The fourth-order valence-corrected chi connectivity index (χ4v) is 2.13. The standard InChI is InChI=1S/C18H16N4O4/c23-16(21-18(24)19-10-13-4-2-1-3-5-13)11-25-15-8-6-14(7-9-15)17-22-20-12-26-17/h1-9,12H,10-11H2,(H2,19,21,23,24). The maximum absolute atomic E-state index is 11.8. The smallest absolute Gasteiger partial charge is 0.321 e. The summed E-state index contributed by atoms with van der Waals surface area (Å²) >= 11 is 0. The number of amides is 3. The van der Waals surface area contributed by atoms with E-state index in [2.05, 4.69) is 20.8 Å². The van der Waals surface area contributed by atoms with Gasteiger partial charge in [-0.15, -0.1) is 10.2 Å². The van der Waals surface area contributed by atoms with Gasteiger partial charge in [0.2, 0.25) is 12.3 Å². The second kappa shape index (κ2) is 8.43. The maximum Gasteiger partial charge on any atom is 0.321 e. The molecule has 26 heavy (non-hydrogen) atoms. The number of nitrogens with zero attached hydrogens (tertiary/aromatic N) is 2. The van der Waals surface area contributed by atoms with Crippen molar-refractivity contribution >= 4 is 11.9 Å². The van der Waals surface area contributed by atoms with Crippen LogP contribution in [0.1, 0.15) is 5.56 Å². The highest BCUT2D eigenvalue weighted by molar-refractivity contribution is 5.94. The zero-order valence-corrected chi connectivity index (χ0v) is 13.7. The van der Waals surface area contributed by atoms with Crippen LogP contribution in [0, 0.1) is 0 Å². The van der Waals surface area contributed by atoms with Gasteiger partial charge < -0.3 is 14.5 Å². The number of carbonyl (C=O) groups is 2. The van der Waals surface area contributed by atoms with Crippen LogP contribution in [-0.2, 0) is 11.3 Å². The number of rotatable bonds is 6. The van der Waals surface area contributed by atoms with E-state index in [1.165, 1.54) is 6.39 Å². The van der Waals surface area contributed by atoms with Gasteiger partial charge in [-0.2, -0.15) is 0 Å². The van der Waals surface area contributed by atoms with Crippen LogP contribution in [0.4, 0.5) is 4.79 Å². The topological polar surface area (TPSA) is 106 Å². The molecule has 8 heteroatoms. The van der Waals surface area contributed by atoms with Gasteiger partial charge in [-0.3, -0.25) is 10.1 Å². The monoisotopic (exact) mass is 352 g/mol. The molecule has 0 unspecified atom stereocenters. The molecule has 0 aliphatic rings. The molecule has 3 amide bonds. The molecule has 0 aliphatic carbocycles. The zero-order chi connectivity index (χ0) is 18.2. The Balaban J connectivity index is 1.41. The van der Waals surface area contributed by atoms with E-state index >= 15 is 0 Å². The largest absolute Gasteiger partial charge is 0.484 e. The highest BCUT2D eigenvalue weighted by Crippen LogP contribution is 2.19. The van der Waals surface area contributed by atoms with Gasteiger partial charge in [-0.25, -0.2) is 4.79 Å². The number of nitrogens with one attached hydrogen (secondary N) is 2. The first-order chi connectivity index (χ1) is 12.7. The normalized spacial score (nSPS) is 10.2. The van der Waals surface area contributed by atoms with Gasteiger partial charge in [0.05, 0.1) is 0 Å². The molecule has 3 rings (SSSR count). The molecule has 0 spiro atoms. The predicted molar refractivity (Wildman–Crippen MR) is 92.0 cm³/mol. The molecule has 0 fully saturated rings. The van der Waals surface area contributed by atoms with E-state index in [0.29, 0.717) is 18.2 Å². The average Bonchev–Trinajstić information content (AvgIpc) is 3.21. The minimum Gasteiger partial charge on any atom is -0.484 e. The third-order valence-corrected chi connectivity index (χ3v) is 3.38. The van der Waals surface area contributed by atoms with Crippen molar-refractivity contribution in [1.29, 1.82) is 0 Å². The van der Waals surface area contributed by atoms with Gasteiger partial charge in [-0.05, 0) is 29.8 Å². The minimum absolute atomic E-state index is 0.279. The van der Waals surface area contributed by atoms with E-state index in [9.17, 15) is 9.59 Å². The number of ether oxygens (including phenoxy) is 1. The molecule has 1 aromatic heterocycles. The summed E-state index contributed by atoms with van der Waals surface area (Å²) in [6, 6.07) is 15.6. The Morgan fingerprint density at radius 1 is 1.04 bits per heavy atom. The van der Waals surface area contributed by atoms with Crippen molar-refractivity contribution in [2.24, 2.45) is 0 Å². The highest BCUT2D eigenvalue weighted by Gasteiger charge is 2.09. The Morgan fingerprint density at radius 2 is 1.81 bits per heavy atom. The van der Waals surface area contributed by atoms with Crippen molar-refractivity contribution in [3.8, 4) is 17.2 Å². The number of aromatic nitrogens is 2. The average molecular weight is 352 g/mol. The Labute approximate surface area is 149 Å². The lowest BCUT2D eigenvalue weighted by Gasteiger charge is -2.08. The number of hydrogen-bond donors (Lipinski definition) is 2. The summed E-state index contributed by atoms with van der Waals surface area (Å²) in [5.41, 5.74) is 1.67. The maximum atomic E-state index is 11.8. The number of imide groups is 1. The van der Waals surface area contributed by atoms with E-state index in [1.54, 1.807) is 24.3 Å². The van der Waals surface area contributed by atoms with Crippen LogP contribution >= 0.6 is 0 Å². The van der Waals surface area contributed by atoms with Crippen LogP contribution in [0.2, 0.25) is 0 Å². The predicted octanol–water partition coefficient (Wildman–Crippen LogP) is 2.14. The molecule has 8 nitrogen and oxygen atoms in total. The molecule has 0 saturated carbocycles. The van der Waals surface area contributed by atoms with E-state index in [1.807, 2.05) is 30.3 Å². The molecule has 0 bridgehead atoms. The lowest BCUT2D eigenvalue weighted by molar-refractivity contribution is -0.122. The SMILES string of the molecule is O=C(COc1ccc(-c2nnco2)cc1)NC(=O)NCc1ccccc1. The van der Waals surface area contributed by atoms with Gasteiger partial charge in [0.1, 0.15) is 5.75 Å². The van der Waals surface area contributed by atoms with Crippen molar-refractivity contribution < 1.29 is 18.7 Å². The summed E-state index contributed by atoms with van der Waals surface area (Å²) in [4.78, 5) is 23.5. The molecule has 2 aromatic carbocycles. The molecule has 1 heterocycles. The summed E-state index contributed by atoms with van der Waals surface area (Å²) in [7, 11) is 0. The van der Waals surface area contributed by atoms with Crippen LogP contribution in [0.25, 0.3) is 11.5 Å². The zero-order valence-electron chi connectivity index (χ0n) is 13.7. The molecule has 132 valence electrons. The third-order valence-electron chi connectivity index (χ3n) is 3.38. The first kappa shape index (κ1) is 17.2. The van der Waals surface area contributed by atoms with Crippen molar-refractivity contribution in [1.82, 2.24) is 20.8 Å². The Morgan fingerprint density at radius 3 is 2.50 bits per heavy atom. The lowest BCUT2D eigenvalue weighted by Crippen LogP contribution is -2.41. The van der Waals surface area contributed by atoms with Gasteiger partial charge in [-0.1, -0.05) is 30.3 Å². The molecular formula is C18H16N4O4. The lowest BCUT2D eigenvalue weighted by atomic mass is 10.2. The first-order valence-electron chi connectivity index (χ1n) is 7.82. The number of hydrogen-bond acceptors (Lipinski definition) is 6. The number of carbonyl (C=O) groups excluding carboxylic acids is 2. The van der Waals surface area contributed by atoms with Crippen molar-refractivity contribution in [2.75, 3.05) is 6.61 Å². The summed E-state index contributed by atoms with van der Waals surface area (Å²) < 4.78 is 10.4. The summed E-state index contributed by atoms with van der Waals surface area (Å²) in [5.74, 6) is 0.328. The van der Waals surface area contributed by atoms with Gasteiger partial charge >= 0.3 is 6.03 Å². The summed E-state index contributed by atoms with van der Waals surface area (Å²) in [6.45, 7) is 0.0522. The third kappa shape index (κ3) is 4.91. The fourth-order valence-electron chi connectivity index (χ4n) is 2.13. The molecule has 3 aromatic rings. The highest BCUT2D eigenvalue weighted by atomic mass is 16.5. The molecule has 2 N–H and O–H groups in total.